The molecule has 2 aromatic heterocycles. The molecule has 4 heteroatoms. The van der Waals surface area contributed by atoms with Gasteiger partial charge in [-0.15, -0.1) is 0 Å². The summed E-state index contributed by atoms with van der Waals surface area (Å²) in [5, 5.41) is 0.657. The lowest BCUT2D eigenvalue weighted by atomic mass is 10.1. The maximum absolute atomic E-state index is 6.11. The molecule has 1 aromatic carbocycles. The van der Waals surface area contributed by atoms with Crippen LogP contribution in [0.5, 0.6) is 0 Å². The van der Waals surface area contributed by atoms with Gasteiger partial charge in [0.25, 0.3) is 0 Å². The molecule has 0 atom stereocenters. The summed E-state index contributed by atoms with van der Waals surface area (Å²) in [6, 6.07) is 13.8. The number of fused-ring (bicyclic) bond motifs is 1. The average Bonchev–Trinajstić information content (AvgIpc) is 2.84. The van der Waals surface area contributed by atoms with Crippen LogP contribution in [0.4, 0.5) is 0 Å². The van der Waals surface area contributed by atoms with Crippen molar-refractivity contribution in [3.8, 4) is 11.3 Å². The Labute approximate surface area is 110 Å². The highest BCUT2D eigenvalue weighted by Gasteiger charge is 2.05. The van der Waals surface area contributed by atoms with Crippen molar-refractivity contribution < 1.29 is 0 Å². The van der Waals surface area contributed by atoms with Gasteiger partial charge in [-0.3, -0.25) is 4.40 Å². The first-order valence-electron chi connectivity index (χ1n) is 5.71. The largest absolute Gasteiger partial charge is 0.326 e. The van der Waals surface area contributed by atoms with Gasteiger partial charge in [0.15, 0.2) is 0 Å². The fourth-order valence-corrected chi connectivity index (χ4v) is 2.14. The van der Waals surface area contributed by atoms with Crippen LogP contribution in [0.25, 0.3) is 16.9 Å². The van der Waals surface area contributed by atoms with Gasteiger partial charge in [-0.25, -0.2) is 4.98 Å². The number of halogens is 1. The fourth-order valence-electron chi connectivity index (χ4n) is 1.93. The second-order valence-corrected chi connectivity index (χ2v) is 4.49. The van der Waals surface area contributed by atoms with Crippen LogP contribution < -0.4 is 5.73 Å². The molecule has 0 aliphatic carbocycles. The maximum Gasteiger partial charge on any atom is 0.138 e. The van der Waals surface area contributed by atoms with Crippen LogP contribution in [-0.2, 0) is 6.54 Å². The summed E-state index contributed by atoms with van der Waals surface area (Å²) in [4.78, 5) is 4.55. The van der Waals surface area contributed by atoms with Crippen molar-refractivity contribution in [1.82, 2.24) is 9.38 Å². The SMILES string of the molecule is NCc1ccc(-c2cn3c(Cl)cccc3n2)cc1. The number of imidazole rings is 1. The Balaban J connectivity index is 2.10. The third-order valence-electron chi connectivity index (χ3n) is 2.93. The highest BCUT2D eigenvalue weighted by molar-refractivity contribution is 6.29. The summed E-state index contributed by atoms with van der Waals surface area (Å²) in [5.74, 6) is 0. The van der Waals surface area contributed by atoms with Gasteiger partial charge in [0, 0.05) is 18.3 Å². The van der Waals surface area contributed by atoms with Gasteiger partial charge in [0.2, 0.25) is 0 Å². The van der Waals surface area contributed by atoms with Crippen molar-refractivity contribution in [3.05, 3.63) is 59.4 Å². The van der Waals surface area contributed by atoms with Crippen LogP contribution in [0.2, 0.25) is 5.15 Å². The first-order valence-corrected chi connectivity index (χ1v) is 6.09. The number of benzene rings is 1. The molecule has 0 aliphatic rings. The molecule has 90 valence electrons. The molecular formula is C14H12ClN3. The van der Waals surface area contributed by atoms with E-state index in [2.05, 4.69) is 4.98 Å². The van der Waals surface area contributed by atoms with Crippen LogP contribution >= 0.6 is 11.6 Å². The number of nitrogens with two attached hydrogens (primary N) is 1. The standard InChI is InChI=1S/C14H12ClN3/c15-13-2-1-3-14-17-12(9-18(13)14)11-6-4-10(8-16)5-7-11/h1-7,9H,8,16H2. The van der Waals surface area contributed by atoms with E-state index in [4.69, 9.17) is 17.3 Å². The van der Waals surface area contributed by atoms with Crippen LogP contribution in [0.3, 0.4) is 0 Å². The molecule has 2 heterocycles. The van der Waals surface area contributed by atoms with E-state index in [-0.39, 0.29) is 0 Å². The third-order valence-corrected chi connectivity index (χ3v) is 3.24. The Morgan fingerprint density at radius 1 is 1.11 bits per heavy atom. The Bertz CT molecular complexity index is 686. The molecule has 0 amide bonds. The summed E-state index contributed by atoms with van der Waals surface area (Å²) in [6.45, 7) is 0.553. The summed E-state index contributed by atoms with van der Waals surface area (Å²) in [7, 11) is 0. The van der Waals surface area contributed by atoms with Crippen molar-refractivity contribution in [2.24, 2.45) is 5.73 Å². The molecule has 18 heavy (non-hydrogen) atoms. The molecule has 3 nitrogen and oxygen atoms in total. The number of nitrogens with zero attached hydrogens (tertiary/aromatic N) is 2. The molecule has 0 saturated heterocycles. The van der Waals surface area contributed by atoms with Gasteiger partial charge >= 0.3 is 0 Å². The van der Waals surface area contributed by atoms with Crippen molar-refractivity contribution >= 4 is 17.2 Å². The van der Waals surface area contributed by atoms with Gasteiger partial charge in [0.05, 0.1) is 5.69 Å². The first kappa shape index (κ1) is 11.3. The minimum atomic E-state index is 0.553. The van der Waals surface area contributed by atoms with Crippen molar-refractivity contribution in [3.63, 3.8) is 0 Å². The van der Waals surface area contributed by atoms with E-state index < -0.39 is 0 Å². The van der Waals surface area contributed by atoms with E-state index >= 15 is 0 Å². The normalized spacial score (nSPS) is 11.0. The number of rotatable bonds is 2. The topological polar surface area (TPSA) is 43.3 Å². The van der Waals surface area contributed by atoms with E-state index in [1.165, 1.54) is 0 Å². The van der Waals surface area contributed by atoms with Crippen LogP contribution in [0.15, 0.2) is 48.7 Å². The Kier molecular flexibility index (Phi) is 2.78. The average molecular weight is 258 g/mol. The molecule has 0 fully saturated rings. The first-order chi connectivity index (χ1) is 8.78. The number of hydrogen-bond acceptors (Lipinski definition) is 2. The molecule has 0 spiro atoms. The molecule has 0 bridgehead atoms. The second kappa shape index (κ2) is 4.44. The number of aromatic nitrogens is 2. The van der Waals surface area contributed by atoms with E-state index in [9.17, 15) is 0 Å². The molecule has 3 aromatic rings. The summed E-state index contributed by atoms with van der Waals surface area (Å²) < 4.78 is 1.87. The van der Waals surface area contributed by atoms with Gasteiger partial charge in [-0.05, 0) is 17.7 Å². The highest BCUT2D eigenvalue weighted by Crippen LogP contribution is 2.22. The zero-order valence-corrected chi connectivity index (χ0v) is 10.4. The summed E-state index contributed by atoms with van der Waals surface area (Å²) >= 11 is 6.11. The number of hydrogen-bond donors (Lipinski definition) is 1. The quantitative estimate of drug-likeness (QED) is 0.717. The summed E-state index contributed by atoms with van der Waals surface area (Å²) in [6.07, 6.45) is 1.94. The minimum absolute atomic E-state index is 0.553. The lowest BCUT2D eigenvalue weighted by Crippen LogP contribution is -1.95. The molecule has 0 aliphatic heterocycles. The monoisotopic (exact) mass is 257 g/mol. The van der Waals surface area contributed by atoms with E-state index in [1.807, 2.05) is 53.1 Å². The lowest BCUT2D eigenvalue weighted by molar-refractivity contribution is 1.07. The Morgan fingerprint density at radius 2 is 1.89 bits per heavy atom. The van der Waals surface area contributed by atoms with Crippen LogP contribution in [0, 0.1) is 0 Å². The Morgan fingerprint density at radius 3 is 2.56 bits per heavy atom. The predicted octanol–water partition coefficient (Wildman–Crippen LogP) is 3.11. The van der Waals surface area contributed by atoms with Gasteiger partial charge in [-0.1, -0.05) is 41.9 Å². The van der Waals surface area contributed by atoms with Gasteiger partial charge in [-0.2, -0.15) is 0 Å². The molecule has 0 unspecified atom stereocenters. The van der Waals surface area contributed by atoms with Crippen molar-refractivity contribution in [2.75, 3.05) is 0 Å². The predicted molar refractivity (Wildman–Crippen MR) is 73.5 cm³/mol. The third kappa shape index (κ3) is 1.88. The molecule has 2 N–H and O–H groups in total. The van der Waals surface area contributed by atoms with E-state index in [0.29, 0.717) is 11.7 Å². The number of pyridine rings is 1. The zero-order valence-electron chi connectivity index (χ0n) is 9.68. The van der Waals surface area contributed by atoms with Gasteiger partial charge in [0.1, 0.15) is 10.8 Å². The highest BCUT2D eigenvalue weighted by atomic mass is 35.5. The second-order valence-electron chi connectivity index (χ2n) is 4.10. The zero-order chi connectivity index (χ0) is 12.5. The molecule has 0 saturated carbocycles. The maximum atomic E-state index is 6.11. The van der Waals surface area contributed by atoms with E-state index in [1.54, 1.807) is 0 Å². The Hall–Kier alpha value is -1.84. The molecule has 3 rings (SSSR count). The van der Waals surface area contributed by atoms with Crippen LogP contribution in [-0.4, -0.2) is 9.38 Å². The minimum Gasteiger partial charge on any atom is -0.326 e. The summed E-state index contributed by atoms with van der Waals surface area (Å²) in [5.41, 5.74) is 9.51. The van der Waals surface area contributed by atoms with Crippen molar-refractivity contribution in [2.45, 2.75) is 6.54 Å². The molecule has 0 radical (unpaired) electrons. The molecular weight excluding hydrogens is 246 g/mol. The lowest BCUT2D eigenvalue weighted by Gasteiger charge is -1.98. The van der Waals surface area contributed by atoms with Crippen molar-refractivity contribution in [1.29, 1.82) is 0 Å². The fraction of sp³-hybridized carbons (Fsp3) is 0.0714. The van der Waals surface area contributed by atoms with Gasteiger partial charge < -0.3 is 5.73 Å². The van der Waals surface area contributed by atoms with E-state index in [0.717, 1.165) is 22.5 Å². The smallest absolute Gasteiger partial charge is 0.138 e. The van der Waals surface area contributed by atoms with Crippen LogP contribution in [0.1, 0.15) is 5.56 Å².